The molecule has 1 aliphatic rings. The third-order valence-electron chi connectivity index (χ3n) is 3.20. The lowest BCUT2D eigenvalue weighted by molar-refractivity contribution is 0.173. The molecular weight excluding hydrogens is 263 g/mol. The lowest BCUT2D eigenvalue weighted by atomic mass is 10.0. The normalized spacial score (nSPS) is 14.2. The Morgan fingerprint density at radius 1 is 1.10 bits per heavy atom. The molecule has 0 bridgehead atoms. The fraction of sp³-hybridized carbons (Fsp3) is 0.200. The van der Waals surface area contributed by atoms with Crippen LogP contribution in [0, 0.1) is 5.82 Å². The van der Waals surface area contributed by atoms with E-state index in [1.165, 1.54) is 19.2 Å². The zero-order valence-corrected chi connectivity index (χ0v) is 10.8. The molecule has 3 rings (SSSR count). The number of ether oxygens (including phenoxy) is 3. The lowest BCUT2D eigenvalue weighted by Crippen LogP contribution is -2.01. The highest BCUT2D eigenvalue weighted by atomic mass is 19.1. The SMILES string of the molecule is COc1ccc(C(O)c2ccc3c(c2)OCO3)cc1F. The van der Waals surface area contributed by atoms with Crippen LogP contribution in [0.2, 0.25) is 0 Å². The predicted molar refractivity (Wildman–Crippen MR) is 69.6 cm³/mol. The number of hydrogen-bond acceptors (Lipinski definition) is 4. The highest BCUT2D eigenvalue weighted by Gasteiger charge is 2.18. The van der Waals surface area contributed by atoms with E-state index >= 15 is 0 Å². The Hall–Kier alpha value is -2.27. The standard InChI is InChI=1S/C15H13FO4/c1-18-12-4-2-9(6-11(12)16)15(17)10-3-5-13-14(7-10)20-8-19-13/h2-7,15,17H,8H2,1H3. The van der Waals surface area contributed by atoms with Crippen molar-refractivity contribution in [3.05, 3.63) is 53.3 Å². The molecule has 0 amide bonds. The van der Waals surface area contributed by atoms with Crippen LogP contribution in [-0.2, 0) is 0 Å². The minimum Gasteiger partial charge on any atom is -0.494 e. The number of hydrogen-bond donors (Lipinski definition) is 1. The smallest absolute Gasteiger partial charge is 0.231 e. The van der Waals surface area contributed by atoms with Crippen LogP contribution in [0.25, 0.3) is 0 Å². The van der Waals surface area contributed by atoms with E-state index in [0.717, 1.165) is 0 Å². The number of benzene rings is 2. The second kappa shape index (κ2) is 5.02. The van der Waals surface area contributed by atoms with Crippen LogP contribution < -0.4 is 14.2 Å². The summed E-state index contributed by atoms with van der Waals surface area (Å²) >= 11 is 0. The van der Waals surface area contributed by atoms with Crippen LogP contribution in [0.1, 0.15) is 17.2 Å². The molecular formula is C15H13FO4. The van der Waals surface area contributed by atoms with Gasteiger partial charge in [-0.25, -0.2) is 4.39 Å². The molecule has 4 nitrogen and oxygen atoms in total. The fourth-order valence-electron chi connectivity index (χ4n) is 2.13. The van der Waals surface area contributed by atoms with Crippen molar-refractivity contribution < 1.29 is 23.7 Å². The number of halogens is 1. The number of aliphatic hydroxyl groups excluding tert-OH is 1. The number of aliphatic hydroxyl groups is 1. The van der Waals surface area contributed by atoms with E-state index in [1.54, 1.807) is 24.3 Å². The van der Waals surface area contributed by atoms with E-state index in [4.69, 9.17) is 14.2 Å². The molecule has 1 unspecified atom stereocenters. The molecule has 0 saturated heterocycles. The van der Waals surface area contributed by atoms with Crippen molar-refractivity contribution in [2.75, 3.05) is 13.9 Å². The molecule has 2 aromatic carbocycles. The van der Waals surface area contributed by atoms with Gasteiger partial charge in [-0.05, 0) is 35.4 Å². The number of fused-ring (bicyclic) bond motifs is 1. The first kappa shape index (κ1) is 12.7. The molecule has 1 aliphatic heterocycles. The summed E-state index contributed by atoms with van der Waals surface area (Å²) in [5.41, 5.74) is 1.06. The van der Waals surface area contributed by atoms with Crippen molar-refractivity contribution >= 4 is 0 Å². The van der Waals surface area contributed by atoms with Gasteiger partial charge in [-0.3, -0.25) is 0 Å². The van der Waals surface area contributed by atoms with E-state index in [-0.39, 0.29) is 12.5 Å². The molecule has 5 heteroatoms. The van der Waals surface area contributed by atoms with E-state index in [2.05, 4.69) is 0 Å². The molecule has 1 heterocycles. The monoisotopic (exact) mass is 276 g/mol. The maximum Gasteiger partial charge on any atom is 0.231 e. The Morgan fingerprint density at radius 2 is 1.80 bits per heavy atom. The summed E-state index contributed by atoms with van der Waals surface area (Å²) < 4.78 is 29.0. The van der Waals surface area contributed by atoms with Crippen LogP contribution in [-0.4, -0.2) is 19.0 Å². The average molecular weight is 276 g/mol. The first-order valence-corrected chi connectivity index (χ1v) is 6.10. The van der Waals surface area contributed by atoms with Crippen molar-refractivity contribution in [1.29, 1.82) is 0 Å². The molecule has 0 fully saturated rings. The summed E-state index contributed by atoms with van der Waals surface area (Å²) in [7, 11) is 1.40. The fourth-order valence-corrected chi connectivity index (χ4v) is 2.13. The number of rotatable bonds is 3. The molecule has 1 atom stereocenters. The van der Waals surface area contributed by atoms with Crippen molar-refractivity contribution in [1.82, 2.24) is 0 Å². The van der Waals surface area contributed by atoms with E-state index in [1.807, 2.05) is 0 Å². The summed E-state index contributed by atoms with van der Waals surface area (Å²) in [6.07, 6.45) is -0.940. The summed E-state index contributed by atoms with van der Waals surface area (Å²) in [6.45, 7) is 0.173. The van der Waals surface area contributed by atoms with E-state index in [0.29, 0.717) is 22.6 Å². The van der Waals surface area contributed by atoms with Crippen molar-refractivity contribution in [3.8, 4) is 17.2 Å². The van der Waals surface area contributed by atoms with Gasteiger partial charge in [0.1, 0.15) is 6.10 Å². The summed E-state index contributed by atoms with van der Waals surface area (Å²) in [5.74, 6) is 0.855. The second-order valence-corrected chi connectivity index (χ2v) is 4.41. The predicted octanol–water partition coefficient (Wildman–Crippen LogP) is 2.64. The maximum atomic E-state index is 13.7. The highest BCUT2D eigenvalue weighted by Crippen LogP contribution is 2.36. The molecule has 0 saturated carbocycles. The van der Waals surface area contributed by atoms with Gasteiger partial charge in [0.2, 0.25) is 6.79 Å². The largest absolute Gasteiger partial charge is 0.494 e. The van der Waals surface area contributed by atoms with Crippen LogP contribution in [0.5, 0.6) is 17.2 Å². The van der Waals surface area contributed by atoms with Gasteiger partial charge in [0.25, 0.3) is 0 Å². The molecule has 0 radical (unpaired) electrons. The zero-order valence-electron chi connectivity index (χ0n) is 10.8. The third kappa shape index (κ3) is 2.16. The van der Waals surface area contributed by atoms with Gasteiger partial charge in [-0.15, -0.1) is 0 Å². The molecule has 2 aromatic rings. The van der Waals surface area contributed by atoms with E-state index in [9.17, 15) is 9.50 Å². The summed E-state index contributed by atoms with van der Waals surface area (Å²) in [4.78, 5) is 0. The van der Waals surface area contributed by atoms with Gasteiger partial charge < -0.3 is 19.3 Å². The summed E-state index contributed by atoms with van der Waals surface area (Å²) in [6, 6.07) is 9.50. The minimum atomic E-state index is -0.940. The lowest BCUT2D eigenvalue weighted by Gasteiger charge is -2.13. The van der Waals surface area contributed by atoms with Crippen LogP contribution >= 0.6 is 0 Å². The van der Waals surface area contributed by atoms with Gasteiger partial charge in [0.15, 0.2) is 23.1 Å². The summed E-state index contributed by atoms with van der Waals surface area (Å²) in [5, 5.41) is 10.3. The molecule has 0 aliphatic carbocycles. The third-order valence-corrected chi connectivity index (χ3v) is 3.20. The second-order valence-electron chi connectivity index (χ2n) is 4.41. The Bertz CT molecular complexity index is 642. The van der Waals surface area contributed by atoms with Gasteiger partial charge in [0.05, 0.1) is 7.11 Å². The molecule has 104 valence electrons. The minimum absolute atomic E-state index is 0.145. The van der Waals surface area contributed by atoms with Gasteiger partial charge in [0, 0.05) is 0 Å². The van der Waals surface area contributed by atoms with Crippen molar-refractivity contribution in [2.45, 2.75) is 6.10 Å². The van der Waals surface area contributed by atoms with Crippen LogP contribution in [0.3, 0.4) is 0 Å². The highest BCUT2D eigenvalue weighted by molar-refractivity contribution is 5.47. The first-order chi connectivity index (χ1) is 9.69. The average Bonchev–Trinajstić information content (AvgIpc) is 2.93. The number of methoxy groups -OCH3 is 1. The quantitative estimate of drug-likeness (QED) is 0.936. The topological polar surface area (TPSA) is 47.9 Å². The first-order valence-electron chi connectivity index (χ1n) is 6.10. The maximum absolute atomic E-state index is 13.7. The molecule has 1 N–H and O–H groups in total. The van der Waals surface area contributed by atoms with Gasteiger partial charge in [-0.2, -0.15) is 0 Å². The van der Waals surface area contributed by atoms with Gasteiger partial charge in [-0.1, -0.05) is 12.1 Å². The van der Waals surface area contributed by atoms with Crippen LogP contribution in [0.4, 0.5) is 4.39 Å². The van der Waals surface area contributed by atoms with Crippen molar-refractivity contribution in [2.24, 2.45) is 0 Å². The zero-order chi connectivity index (χ0) is 14.1. The molecule has 0 spiro atoms. The van der Waals surface area contributed by atoms with Crippen molar-refractivity contribution in [3.63, 3.8) is 0 Å². The Balaban J connectivity index is 1.92. The Labute approximate surface area is 115 Å². The Kier molecular flexibility index (Phi) is 3.20. The van der Waals surface area contributed by atoms with E-state index < -0.39 is 11.9 Å². The van der Waals surface area contributed by atoms with Crippen LogP contribution in [0.15, 0.2) is 36.4 Å². The molecule has 20 heavy (non-hydrogen) atoms. The Morgan fingerprint density at radius 3 is 2.55 bits per heavy atom. The molecule has 0 aromatic heterocycles. The van der Waals surface area contributed by atoms with Gasteiger partial charge >= 0.3 is 0 Å².